The lowest BCUT2D eigenvalue weighted by Crippen LogP contribution is -2.00. The van der Waals surface area contributed by atoms with E-state index < -0.39 is 0 Å². The van der Waals surface area contributed by atoms with Gasteiger partial charge in [0.15, 0.2) is 0 Å². The second-order valence-electron chi connectivity index (χ2n) is 5.11. The highest BCUT2D eigenvalue weighted by Crippen LogP contribution is 2.21. The van der Waals surface area contributed by atoms with Crippen molar-refractivity contribution in [2.24, 2.45) is 15.3 Å². The van der Waals surface area contributed by atoms with Crippen LogP contribution in [0.15, 0.2) is 76.0 Å². The quantitative estimate of drug-likeness (QED) is 0.304. The summed E-state index contributed by atoms with van der Waals surface area (Å²) in [6.45, 7) is 4.02. The Bertz CT molecular complexity index is 834. The molecule has 3 rings (SSSR count). The lowest BCUT2D eigenvalue weighted by Gasteiger charge is -2.01. The first-order chi connectivity index (χ1) is 11.7. The second kappa shape index (κ2) is 7.61. The van der Waals surface area contributed by atoms with Crippen LogP contribution in [0, 0.1) is 13.8 Å². The van der Waals surface area contributed by atoms with Gasteiger partial charge >= 0.3 is 0 Å². The van der Waals surface area contributed by atoms with Gasteiger partial charge in [-0.2, -0.15) is 5.10 Å². The molecule has 1 heterocycles. The number of thiazole rings is 1. The minimum atomic E-state index is 0.505. The molecule has 0 spiro atoms. The summed E-state index contributed by atoms with van der Waals surface area (Å²) in [5, 5.41) is 13.7. The van der Waals surface area contributed by atoms with Gasteiger partial charge in [0.25, 0.3) is 0 Å². The number of nitrogens with one attached hydrogen (secondary N) is 1. The summed E-state index contributed by atoms with van der Waals surface area (Å²) in [4.78, 5) is 5.59. The van der Waals surface area contributed by atoms with Crippen molar-refractivity contribution in [2.75, 3.05) is 5.43 Å². The van der Waals surface area contributed by atoms with Gasteiger partial charge in [-0.25, -0.2) is 4.98 Å². The Morgan fingerprint density at radius 3 is 2.25 bits per heavy atom. The topological polar surface area (TPSA) is 62.0 Å². The third-order valence-corrected chi connectivity index (χ3v) is 4.31. The molecule has 2 aromatic carbocycles. The molecule has 24 heavy (non-hydrogen) atoms. The molecule has 0 atom stereocenters. The molecule has 120 valence electrons. The molecule has 3 aromatic rings. The van der Waals surface area contributed by atoms with E-state index >= 15 is 0 Å². The number of rotatable bonds is 4. The van der Waals surface area contributed by atoms with Crippen LogP contribution < -0.4 is 5.43 Å². The summed E-state index contributed by atoms with van der Waals surface area (Å²) in [7, 11) is 0. The summed E-state index contributed by atoms with van der Waals surface area (Å²) in [5.74, 6) is 0.505. The zero-order valence-electron chi connectivity index (χ0n) is 13.5. The molecule has 0 bridgehead atoms. The van der Waals surface area contributed by atoms with Gasteiger partial charge in [-0.05, 0) is 26.0 Å². The molecule has 6 heteroatoms. The Labute approximate surface area is 144 Å². The Morgan fingerprint density at radius 2 is 1.62 bits per heavy atom. The van der Waals surface area contributed by atoms with Crippen LogP contribution in [0.5, 0.6) is 0 Å². The number of amidine groups is 1. The highest BCUT2D eigenvalue weighted by molar-refractivity contribution is 7.15. The molecular formula is C18H17N5S. The van der Waals surface area contributed by atoms with Crippen LogP contribution in [0.2, 0.25) is 0 Å². The lowest BCUT2D eigenvalue weighted by atomic mass is 10.2. The average Bonchev–Trinajstić information content (AvgIpc) is 2.94. The van der Waals surface area contributed by atoms with Crippen LogP contribution in [0.4, 0.5) is 10.8 Å². The van der Waals surface area contributed by atoms with Gasteiger partial charge in [0.2, 0.25) is 11.0 Å². The summed E-state index contributed by atoms with van der Waals surface area (Å²) >= 11 is 1.56. The fraction of sp³-hybridized carbons (Fsp3) is 0.111. The molecule has 0 saturated heterocycles. The van der Waals surface area contributed by atoms with Crippen molar-refractivity contribution in [1.29, 1.82) is 0 Å². The van der Waals surface area contributed by atoms with E-state index in [0.29, 0.717) is 5.84 Å². The molecular weight excluding hydrogens is 318 g/mol. The van der Waals surface area contributed by atoms with Crippen LogP contribution in [-0.2, 0) is 0 Å². The van der Waals surface area contributed by atoms with Gasteiger partial charge < -0.3 is 0 Å². The predicted octanol–water partition coefficient (Wildman–Crippen LogP) is 5.32. The number of aromatic nitrogens is 1. The molecule has 0 fully saturated rings. The highest BCUT2D eigenvalue weighted by atomic mass is 32.1. The van der Waals surface area contributed by atoms with E-state index in [-0.39, 0.29) is 0 Å². The summed E-state index contributed by atoms with van der Waals surface area (Å²) in [6.07, 6.45) is 0. The summed E-state index contributed by atoms with van der Waals surface area (Å²) < 4.78 is 0. The molecule has 0 radical (unpaired) electrons. The SMILES string of the molecule is Cc1nc(NN=C(N=Nc2ccccc2)c2ccccc2)sc1C. The zero-order valence-corrected chi connectivity index (χ0v) is 14.3. The van der Waals surface area contributed by atoms with Crippen LogP contribution in [-0.4, -0.2) is 10.8 Å². The molecule has 1 aromatic heterocycles. The fourth-order valence-electron chi connectivity index (χ4n) is 1.95. The molecule has 5 nitrogen and oxygen atoms in total. The van der Waals surface area contributed by atoms with Crippen molar-refractivity contribution in [3.63, 3.8) is 0 Å². The maximum Gasteiger partial charge on any atom is 0.203 e. The third-order valence-electron chi connectivity index (χ3n) is 3.33. The third kappa shape index (κ3) is 4.11. The number of aryl methyl sites for hydroxylation is 2. The first-order valence-electron chi connectivity index (χ1n) is 7.52. The molecule has 0 aliphatic carbocycles. The Balaban J connectivity index is 1.87. The van der Waals surface area contributed by atoms with Crippen LogP contribution >= 0.6 is 11.3 Å². The molecule has 1 N–H and O–H groups in total. The summed E-state index contributed by atoms with van der Waals surface area (Å²) in [6, 6.07) is 19.3. The smallest absolute Gasteiger partial charge is 0.203 e. The number of benzene rings is 2. The second-order valence-corrected chi connectivity index (χ2v) is 6.31. The van der Waals surface area contributed by atoms with Crippen molar-refractivity contribution < 1.29 is 0 Å². The van der Waals surface area contributed by atoms with Gasteiger partial charge in [0, 0.05) is 10.4 Å². The molecule has 0 aliphatic rings. The van der Waals surface area contributed by atoms with E-state index in [1.165, 1.54) is 4.88 Å². The molecule has 0 aliphatic heterocycles. The number of azo groups is 1. The van der Waals surface area contributed by atoms with E-state index in [4.69, 9.17) is 0 Å². The first kappa shape index (κ1) is 16.0. The van der Waals surface area contributed by atoms with Crippen molar-refractivity contribution in [3.8, 4) is 0 Å². The largest absolute Gasteiger partial charge is 0.250 e. The number of anilines is 1. The van der Waals surface area contributed by atoms with Crippen molar-refractivity contribution in [3.05, 3.63) is 76.8 Å². The van der Waals surface area contributed by atoms with Gasteiger partial charge in [-0.1, -0.05) is 48.5 Å². The number of hydrogen-bond acceptors (Lipinski definition) is 5. The number of hydrogen-bond donors (Lipinski definition) is 1. The molecule has 0 unspecified atom stereocenters. The average molecular weight is 335 g/mol. The van der Waals surface area contributed by atoms with Crippen LogP contribution in [0.25, 0.3) is 0 Å². The standard InChI is InChI=1S/C18H17N5S/c1-13-14(2)24-18(19-13)23-22-17(15-9-5-3-6-10-15)21-20-16-11-7-4-8-12-16/h3-12H,1-2H3,(H,19,23). The Morgan fingerprint density at radius 1 is 0.958 bits per heavy atom. The van der Waals surface area contributed by atoms with Crippen molar-refractivity contribution in [1.82, 2.24) is 4.98 Å². The Kier molecular flexibility index (Phi) is 5.08. The normalized spacial score (nSPS) is 11.8. The van der Waals surface area contributed by atoms with E-state index in [9.17, 15) is 0 Å². The van der Waals surface area contributed by atoms with Crippen molar-refractivity contribution in [2.45, 2.75) is 13.8 Å². The minimum absolute atomic E-state index is 0.505. The Hall–Kier alpha value is -2.86. The van der Waals surface area contributed by atoms with E-state index in [2.05, 4.69) is 25.7 Å². The molecule has 0 saturated carbocycles. The van der Waals surface area contributed by atoms with Crippen LogP contribution in [0.1, 0.15) is 16.1 Å². The molecule has 0 amide bonds. The monoisotopic (exact) mass is 335 g/mol. The van der Waals surface area contributed by atoms with E-state index in [1.54, 1.807) is 11.3 Å². The maximum atomic E-state index is 4.42. The van der Waals surface area contributed by atoms with E-state index in [0.717, 1.165) is 22.1 Å². The fourth-order valence-corrected chi connectivity index (χ4v) is 2.71. The highest BCUT2D eigenvalue weighted by Gasteiger charge is 2.05. The van der Waals surface area contributed by atoms with Crippen molar-refractivity contribution >= 4 is 28.0 Å². The van der Waals surface area contributed by atoms with Crippen LogP contribution in [0.3, 0.4) is 0 Å². The zero-order chi connectivity index (χ0) is 16.8. The van der Waals surface area contributed by atoms with Gasteiger partial charge in [-0.15, -0.1) is 21.6 Å². The number of hydrazone groups is 1. The minimum Gasteiger partial charge on any atom is -0.250 e. The predicted molar refractivity (Wildman–Crippen MR) is 99.1 cm³/mol. The summed E-state index contributed by atoms with van der Waals surface area (Å²) in [5.41, 5.74) is 5.65. The van der Waals surface area contributed by atoms with Gasteiger partial charge in [-0.3, -0.25) is 5.43 Å². The maximum absolute atomic E-state index is 4.42. The first-order valence-corrected chi connectivity index (χ1v) is 8.34. The number of nitrogens with zero attached hydrogens (tertiary/aromatic N) is 4. The van der Waals surface area contributed by atoms with Gasteiger partial charge in [0.1, 0.15) is 0 Å². The van der Waals surface area contributed by atoms with E-state index in [1.807, 2.05) is 74.5 Å². The lowest BCUT2D eigenvalue weighted by molar-refractivity contribution is 1.18. The van der Waals surface area contributed by atoms with Gasteiger partial charge in [0.05, 0.1) is 11.4 Å².